The summed E-state index contributed by atoms with van der Waals surface area (Å²) in [5, 5.41) is 4.13. The zero-order chi connectivity index (χ0) is 21.7. The number of rotatable bonds is 6. The molecule has 2 aromatic carbocycles. The van der Waals surface area contributed by atoms with Gasteiger partial charge in [0.1, 0.15) is 5.82 Å². The number of ether oxygens (including phenoxy) is 1. The van der Waals surface area contributed by atoms with Crippen molar-refractivity contribution < 1.29 is 23.5 Å². The van der Waals surface area contributed by atoms with Crippen molar-refractivity contribution in [2.24, 2.45) is 0 Å². The molecule has 0 saturated heterocycles. The van der Waals surface area contributed by atoms with Crippen LogP contribution in [0, 0.1) is 5.82 Å². The summed E-state index contributed by atoms with van der Waals surface area (Å²) < 4.78 is 19.4. The van der Waals surface area contributed by atoms with Crippen molar-refractivity contribution in [3.8, 4) is 0 Å². The number of halogens is 2. The highest BCUT2D eigenvalue weighted by Gasteiger charge is 2.21. The van der Waals surface area contributed by atoms with E-state index in [2.05, 4.69) is 21.2 Å². The van der Waals surface area contributed by atoms with Crippen molar-refractivity contribution >= 4 is 56.4 Å². The van der Waals surface area contributed by atoms with Crippen LogP contribution in [0.4, 0.5) is 15.8 Å². The quantitative estimate of drug-likeness (QED) is 0.507. The van der Waals surface area contributed by atoms with Crippen molar-refractivity contribution in [1.29, 1.82) is 0 Å². The predicted molar refractivity (Wildman–Crippen MR) is 117 cm³/mol. The zero-order valence-corrected chi connectivity index (χ0v) is 18.1. The molecule has 0 fully saturated rings. The molecule has 0 aliphatic rings. The van der Waals surface area contributed by atoms with Crippen molar-refractivity contribution in [2.45, 2.75) is 0 Å². The maximum Gasteiger partial charge on any atom is 0.340 e. The highest BCUT2D eigenvalue weighted by molar-refractivity contribution is 9.10. The first-order valence-corrected chi connectivity index (χ1v) is 10.4. The minimum absolute atomic E-state index is 0.0269. The van der Waals surface area contributed by atoms with Crippen molar-refractivity contribution in [3.63, 3.8) is 0 Å². The van der Waals surface area contributed by atoms with E-state index < -0.39 is 24.3 Å². The molecule has 0 aliphatic heterocycles. The van der Waals surface area contributed by atoms with Crippen molar-refractivity contribution in [1.82, 2.24) is 0 Å². The summed E-state index contributed by atoms with van der Waals surface area (Å²) in [5.41, 5.74) is 0.453. The Morgan fingerprint density at radius 3 is 2.60 bits per heavy atom. The zero-order valence-electron chi connectivity index (χ0n) is 15.7. The molecule has 30 heavy (non-hydrogen) atoms. The van der Waals surface area contributed by atoms with E-state index in [-0.39, 0.29) is 17.2 Å². The topological polar surface area (TPSA) is 75.7 Å². The lowest BCUT2D eigenvalue weighted by atomic mass is 10.1. The Morgan fingerprint density at radius 1 is 1.13 bits per heavy atom. The standard InChI is InChI=1S/C21H16BrFN2O4S/c1-25(20(27)18-7-4-10-30-18)17-6-3-2-5-14(17)21(28)29-12-19(26)24-16-9-8-13(22)11-15(16)23/h2-11H,12H2,1H3,(H,24,26). The number of benzene rings is 2. The van der Waals surface area contributed by atoms with Crippen LogP contribution in [0.5, 0.6) is 0 Å². The SMILES string of the molecule is CN(C(=O)c1cccs1)c1ccccc1C(=O)OCC(=O)Nc1ccc(Br)cc1F. The van der Waals surface area contributed by atoms with Crippen LogP contribution in [0.25, 0.3) is 0 Å². The minimum Gasteiger partial charge on any atom is -0.452 e. The Bertz CT molecular complexity index is 1090. The molecule has 1 aromatic heterocycles. The molecule has 2 amide bonds. The third kappa shape index (κ3) is 5.11. The van der Waals surface area contributed by atoms with Gasteiger partial charge in [0.2, 0.25) is 0 Å². The Morgan fingerprint density at radius 2 is 1.90 bits per heavy atom. The molecule has 0 spiro atoms. The molecule has 0 atom stereocenters. The average molecular weight is 491 g/mol. The summed E-state index contributed by atoms with van der Waals surface area (Å²) >= 11 is 4.42. The average Bonchev–Trinajstić information content (AvgIpc) is 3.28. The van der Waals surface area contributed by atoms with Gasteiger partial charge >= 0.3 is 5.97 Å². The van der Waals surface area contributed by atoms with Crippen LogP contribution in [-0.2, 0) is 9.53 Å². The second-order valence-corrected chi connectivity index (χ2v) is 7.97. The van der Waals surface area contributed by atoms with E-state index >= 15 is 0 Å². The summed E-state index contributed by atoms with van der Waals surface area (Å²) in [7, 11) is 1.55. The van der Waals surface area contributed by atoms with E-state index in [0.29, 0.717) is 15.0 Å². The number of hydrogen-bond donors (Lipinski definition) is 1. The molecule has 9 heteroatoms. The van der Waals surface area contributed by atoms with Gasteiger partial charge in [-0.3, -0.25) is 9.59 Å². The second kappa shape index (κ2) is 9.64. The fraction of sp³-hybridized carbons (Fsp3) is 0.0952. The molecule has 0 radical (unpaired) electrons. The number of anilines is 2. The van der Waals surface area contributed by atoms with Gasteiger partial charge < -0.3 is 15.0 Å². The van der Waals surface area contributed by atoms with E-state index in [4.69, 9.17) is 4.74 Å². The maximum absolute atomic E-state index is 13.8. The molecule has 0 unspecified atom stereocenters. The first-order chi connectivity index (χ1) is 14.4. The fourth-order valence-electron chi connectivity index (χ4n) is 2.60. The van der Waals surface area contributed by atoms with Gasteiger partial charge in [-0.1, -0.05) is 34.1 Å². The number of esters is 1. The molecule has 0 aliphatic carbocycles. The second-order valence-electron chi connectivity index (χ2n) is 6.11. The lowest BCUT2D eigenvalue weighted by Crippen LogP contribution is -2.28. The predicted octanol–water partition coefficient (Wildman–Crippen LogP) is 4.72. The Kier molecular flexibility index (Phi) is 6.96. The van der Waals surface area contributed by atoms with Gasteiger partial charge in [-0.25, -0.2) is 9.18 Å². The fourth-order valence-corrected chi connectivity index (χ4v) is 3.63. The summed E-state index contributed by atoms with van der Waals surface area (Å²) in [6, 6.07) is 14.0. The van der Waals surface area contributed by atoms with Gasteiger partial charge in [-0.2, -0.15) is 0 Å². The van der Waals surface area contributed by atoms with E-state index in [9.17, 15) is 18.8 Å². The number of thiophene rings is 1. The van der Waals surface area contributed by atoms with E-state index in [1.807, 2.05) is 0 Å². The van der Waals surface area contributed by atoms with Crippen LogP contribution >= 0.6 is 27.3 Å². The Hall–Kier alpha value is -3.04. The van der Waals surface area contributed by atoms with Crippen LogP contribution in [0.1, 0.15) is 20.0 Å². The molecule has 1 N–H and O–H groups in total. The summed E-state index contributed by atoms with van der Waals surface area (Å²) in [6.07, 6.45) is 0. The monoisotopic (exact) mass is 490 g/mol. The third-order valence-electron chi connectivity index (χ3n) is 4.06. The smallest absolute Gasteiger partial charge is 0.340 e. The summed E-state index contributed by atoms with van der Waals surface area (Å²) in [5.74, 6) is -2.36. The normalized spacial score (nSPS) is 10.4. The molecule has 3 aromatic rings. The number of carbonyl (C=O) groups excluding carboxylic acids is 3. The number of para-hydroxylation sites is 1. The number of carbonyl (C=O) groups is 3. The molecule has 6 nitrogen and oxygen atoms in total. The lowest BCUT2D eigenvalue weighted by Gasteiger charge is -2.19. The number of nitrogens with zero attached hydrogens (tertiary/aromatic N) is 1. The maximum atomic E-state index is 13.8. The van der Waals surface area contributed by atoms with Crippen LogP contribution in [-0.4, -0.2) is 31.4 Å². The molecule has 1 heterocycles. The molecule has 0 bridgehead atoms. The van der Waals surface area contributed by atoms with E-state index in [0.717, 1.165) is 0 Å². The lowest BCUT2D eigenvalue weighted by molar-refractivity contribution is -0.119. The van der Waals surface area contributed by atoms with E-state index in [1.165, 1.54) is 34.4 Å². The number of nitrogens with one attached hydrogen (secondary N) is 1. The van der Waals surface area contributed by atoms with Gasteiger partial charge in [0.05, 0.1) is 21.8 Å². The molecular formula is C21H16BrFN2O4S. The Balaban J connectivity index is 1.67. The van der Waals surface area contributed by atoms with Crippen LogP contribution < -0.4 is 10.2 Å². The van der Waals surface area contributed by atoms with Crippen molar-refractivity contribution in [3.05, 3.63) is 80.7 Å². The van der Waals surface area contributed by atoms with Gasteiger partial charge in [0.15, 0.2) is 6.61 Å². The van der Waals surface area contributed by atoms with Crippen molar-refractivity contribution in [2.75, 3.05) is 23.9 Å². The molecular weight excluding hydrogens is 475 g/mol. The molecule has 3 rings (SSSR count). The van der Waals surface area contributed by atoms with Crippen LogP contribution in [0.2, 0.25) is 0 Å². The highest BCUT2D eigenvalue weighted by Crippen LogP contribution is 2.23. The molecule has 154 valence electrons. The first kappa shape index (κ1) is 21.7. The highest BCUT2D eigenvalue weighted by atomic mass is 79.9. The van der Waals surface area contributed by atoms with Gasteiger partial charge in [-0.05, 0) is 41.8 Å². The van der Waals surface area contributed by atoms with Gasteiger partial charge in [0, 0.05) is 11.5 Å². The third-order valence-corrected chi connectivity index (χ3v) is 5.41. The largest absolute Gasteiger partial charge is 0.452 e. The van der Waals surface area contributed by atoms with Gasteiger partial charge in [-0.15, -0.1) is 11.3 Å². The minimum atomic E-state index is -0.775. The number of hydrogen-bond acceptors (Lipinski definition) is 5. The van der Waals surface area contributed by atoms with E-state index in [1.54, 1.807) is 48.8 Å². The van der Waals surface area contributed by atoms with Crippen LogP contribution in [0.3, 0.4) is 0 Å². The van der Waals surface area contributed by atoms with Crippen LogP contribution in [0.15, 0.2) is 64.5 Å². The Labute approximate surface area is 184 Å². The first-order valence-electron chi connectivity index (χ1n) is 8.69. The number of amides is 2. The summed E-state index contributed by atoms with van der Waals surface area (Å²) in [4.78, 5) is 39.0. The summed E-state index contributed by atoms with van der Waals surface area (Å²) in [6.45, 7) is -0.606. The van der Waals surface area contributed by atoms with Gasteiger partial charge in [0.25, 0.3) is 11.8 Å². The molecule has 0 saturated carbocycles.